The summed E-state index contributed by atoms with van der Waals surface area (Å²) >= 11 is 0. The second-order valence-corrected chi connectivity index (χ2v) is 5.88. The number of carbonyl (C=O) groups excluding carboxylic acids is 2. The molecule has 0 aliphatic heterocycles. The molecule has 0 fully saturated rings. The van der Waals surface area contributed by atoms with Crippen LogP contribution in [0.5, 0.6) is 5.75 Å². The molecule has 2 amide bonds. The minimum atomic E-state index is -0.624. The van der Waals surface area contributed by atoms with Crippen LogP contribution >= 0.6 is 0 Å². The van der Waals surface area contributed by atoms with Gasteiger partial charge in [-0.2, -0.15) is 0 Å². The van der Waals surface area contributed by atoms with E-state index in [4.69, 9.17) is 4.74 Å². The number of anilines is 1. The maximum Gasteiger partial charge on any atom is 0.254 e. The van der Waals surface area contributed by atoms with Crippen LogP contribution in [0.2, 0.25) is 0 Å². The van der Waals surface area contributed by atoms with Gasteiger partial charge < -0.3 is 15.0 Å². The third-order valence-corrected chi connectivity index (χ3v) is 3.79. The summed E-state index contributed by atoms with van der Waals surface area (Å²) in [5, 5.41) is 2.79. The molecule has 2 aromatic carbocycles. The van der Waals surface area contributed by atoms with Gasteiger partial charge in [0.2, 0.25) is 5.91 Å². The lowest BCUT2D eigenvalue weighted by molar-refractivity contribution is -0.116. The van der Waals surface area contributed by atoms with Crippen molar-refractivity contribution in [1.29, 1.82) is 0 Å². The first-order chi connectivity index (χ1) is 11.8. The normalized spacial score (nSPS) is 10.3. The minimum absolute atomic E-state index is 0.0619. The van der Waals surface area contributed by atoms with E-state index in [2.05, 4.69) is 5.32 Å². The van der Waals surface area contributed by atoms with Crippen molar-refractivity contribution >= 4 is 17.5 Å². The van der Waals surface area contributed by atoms with Gasteiger partial charge >= 0.3 is 0 Å². The molecule has 0 saturated carbocycles. The van der Waals surface area contributed by atoms with Crippen molar-refractivity contribution in [2.75, 3.05) is 26.0 Å². The Kier molecular flexibility index (Phi) is 5.75. The van der Waals surface area contributed by atoms with E-state index in [0.717, 1.165) is 17.2 Å². The molecule has 6 heteroatoms. The van der Waals surface area contributed by atoms with Crippen molar-refractivity contribution in [3.05, 3.63) is 58.9 Å². The molecule has 0 spiro atoms. The smallest absolute Gasteiger partial charge is 0.254 e. The quantitative estimate of drug-likeness (QED) is 0.906. The highest BCUT2D eigenvalue weighted by molar-refractivity contribution is 5.99. The van der Waals surface area contributed by atoms with Gasteiger partial charge in [0.1, 0.15) is 0 Å². The number of rotatable bonds is 5. The van der Waals surface area contributed by atoms with E-state index in [1.807, 2.05) is 32.0 Å². The molecular weight excluding hydrogens is 323 g/mol. The number of carbonyl (C=O) groups is 2. The topological polar surface area (TPSA) is 58.6 Å². The number of nitrogens with zero attached hydrogens (tertiary/aromatic N) is 1. The maximum absolute atomic E-state index is 13.7. The molecule has 25 heavy (non-hydrogen) atoms. The lowest BCUT2D eigenvalue weighted by atomic mass is 10.1. The minimum Gasteiger partial charge on any atom is -0.494 e. The van der Waals surface area contributed by atoms with Crippen LogP contribution in [0.4, 0.5) is 10.1 Å². The van der Waals surface area contributed by atoms with E-state index in [9.17, 15) is 14.0 Å². The highest BCUT2D eigenvalue weighted by Gasteiger charge is 2.17. The van der Waals surface area contributed by atoms with Crippen LogP contribution in [0.3, 0.4) is 0 Å². The SMILES string of the molecule is COc1ccc(C(=O)N(C)CC(=O)Nc2cc(C)ccc2C)cc1F. The average molecular weight is 344 g/mol. The molecule has 0 aliphatic rings. The number of aryl methyl sites for hydroxylation is 2. The first-order valence-corrected chi connectivity index (χ1v) is 7.78. The Labute approximate surface area is 146 Å². The zero-order chi connectivity index (χ0) is 18.6. The standard InChI is InChI=1S/C19H21FN2O3/c1-12-5-6-13(2)16(9-12)21-18(23)11-22(3)19(24)14-7-8-17(25-4)15(20)10-14/h5-10H,11H2,1-4H3,(H,21,23). The molecule has 0 saturated heterocycles. The van der Waals surface area contributed by atoms with Crippen molar-refractivity contribution in [1.82, 2.24) is 4.90 Å². The van der Waals surface area contributed by atoms with Crippen molar-refractivity contribution < 1.29 is 18.7 Å². The Hall–Kier alpha value is -2.89. The highest BCUT2D eigenvalue weighted by Crippen LogP contribution is 2.19. The molecule has 0 unspecified atom stereocenters. The fourth-order valence-electron chi connectivity index (χ4n) is 2.37. The lowest BCUT2D eigenvalue weighted by Gasteiger charge is -2.18. The van der Waals surface area contributed by atoms with Crippen LogP contribution in [0, 0.1) is 19.7 Å². The number of benzene rings is 2. The fraction of sp³-hybridized carbons (Fsp3) is 0.263. The molecule has 0 heterocycles. The van der Waals surface area contributed by atoms with Gasteiger partial charge in [0.05, 0.1) is 13.7 Å². The molecule has 0 aliphatic carbocycles. The summed E-state index contributed by atoms with van der Waals surface area (Å²) in [7, 11) is 2.84. The van der Waals surface area contributed by atoms with Gasteiger partial charge in [0.25, 0.3) is 5.91 Å². The van der Waals surface area contributed by atoms with Crippen LogP contribution in [-0.4, -0.2) is 37.4 Å². The number of ether oxygens (including phenoxy) is 1. The largest absolute Gasteiger partial charge is 0.494 e. The summed E-state index contributed by atoms with van der Waals surface area (Å²) in [6.07, 6.45) is 0. The molecule has 2 aromatic rings. The van der Waals surface area contributed by atoms with Crippen molar-refractivity contribution in [2.24, 2.45) is 0 Å². The number of halogens is 1. The molecule has 0 atom stereocenters. The van der Waals surface area contributed by atoms with Gasteiger partial charge in [-0.1, -0.05) is 12.1 Å². The molecule has 5 nitrogen and oxygen atoms in total. The van der Waals surface area contributed by atoms with E-state index in [0.29, 0.717) is 5.69 Å². The predicted molar refractivity (Wildman–Crippen MR) is 94.5 cm³/mol. The van der Waals surface area contributed by atoms with Crippen LogP contribution in [-0.2, 0) is 4.79 Å². The molecule has 1 N–H and O–H groups in total. The van der Waals surface area contributed by atoms with Crippen molar-refractivity contribution in [2.45, 2.75) is 13.8 Å². The van der Waals surface area contributed by atoms with Crippen LogP contribution in [0.15, 0.2) is 36.4 Å². The Morgan fingerprint density at radius 3 is 2.52 bits per heavy atom. The van der Waals surface area contributed by atoms with Crippen LogP contribution in [0.25, 0.3) is 0 Å². The summed E-state index contributed by atoms with van der Waals surface area (Å²) in [5.41, 5.74) is 2.82. The highest BCUT2D eigenvalue weighted by atomic mass is 19.1. The molecule has 0 aromatic heterocycles. The molecule has 0 radical (unpaired) electrons. The zero-order valence-corrected chi connectivity index (χ0v) is 14.7. The van der Waals surface area contributed by atoms with Crippen LogP contribution < -0.4 is 10.1 Å². The Morgan fingerprint density at radius 1 is 1.16 bits per heavy atom. The first-order valence-electron chi connectivity index (χ1n) is 7.78. The number of methoxy groups -OCH3 is 1. The maximum atomic E-state index is 13.7. The van der Waals surface area contributed by atoms with E-state index in [1.165, 1.54) is 31.2 Å². The molecule has 132 valence electrons. The molecule has 2 rings (SSSR count). The Bertz CT molecular complexity index is 805. The van der Waals surface area contributed by atoms with Gasteiger partial charge in [-0.15, -0.1) is 0 Å². The van der Waals surface area contributed by atoms with Crippen molar-refractivity contribution in [3.63, 3.8) is 0 Å². The number of hydrogen-bond donors (Lipinski definition) is 1. The second kappa shape index (κ2) is 7.79. The fourth-order valence-corrected chi connectivity index (χ4v) is 2.37. The predicted octanol–water partition coefficient (Wildman–Crippen LogP) is 3.16. The van der Waals surface area contributed by atoms with Gasteiger partial charge in [-0.05, 0) is 49.2 Å². The van der Waals surface area contributed by atoms with Crippen molar-refractivity contribution in [3.8, 4) is 5.75 Å². The number of hydrogen-bond acceptors (Lipinski definition) is 3. The summed E-state index contributed by atoms with van der Waals surface area (Å²) in [5.74, 6) is -1.33. The monoisotopic (exact) mass is 344 g/mol. The molecule has 0 bridgehead atoms. The Morgan fingerprint density at radius 2 is 1.88 bits per heavy atom. The number of nitrogens with one attached hydrogen (secondary N) is 1. The average Bonchev–Trinajstić information content (AvgIpc) is 2.57. The van der Waals surface area contributed by atoms with Gasteiger partial charge in [-0.3, -0.25) is 9.59 Å². The van der Waals surface area contributed by atoms with Gasteiger partial charge in [-0.25, -0.2) is 4.39 Å². The zero-order valence-electron chi connectivity index (χ0n) is 14.7. The van der Waals surface area contributed by atoms with E-state index in [1.54, 1.807) is 0 Å². The Balaban J connectivity index is 2.04. The van der Waals surface area contributed by atoms with Gasteiger partial charge in [0, 0.05) is 18.3 Å². The van der Waals surface area contributed by atoms with Gasteiger partial charge in [0.15, 0.2) is 11.6 Å². The summed E-state index contributed by atoms with van der Waals surface area (Å²) in [6.45, 7) is 3.69. The third kappa shape index (κ3) is 4.56. The van der Waals surface area contributed by atoms with Crippen LogP contribution in [0.1, 0.15) is 21.5 Å². The first kappa shape index (κ1) is 18.4. The second-order valence-electron chi connectivity index (χ2n) is 5.88. The van der Waals surface area contributed by atoms with E-state index in [-0.39, 0.29) is 23.8 Å². The molecular formula is C19H21FN2O3. The van der Waals surface area contributed by atoms with E-state index >= 15 is 0 Å². The summed E-state index contributed by atoms with van der Waals surface area (Å²) in [6, 6.07) is 9.68. The third-order valence-electron chi connectivity index (χ3n) is 3.79. The summed E-state index contributed by atoms with van der Waals surface area (Å²) in [4.78, 5) is 25.8. The number of likely N-dealkylation sites (N-methyl/N-ethyl adjacent to an activating group) is 1. The lowest BCUT2D eigenvalue weighted by Crippen LogP contribution is -2.35. The van der Waals surface area contributed by atoms with E-state index < -0.39 is 11.7 Å². The summed E-state index contributed by atoms with van der Waals surface area (Å²) < 4.78 is 18.6. The number of amides is 2.